The van der Waals surface area contributed by atoms with Crippen LogP contribution < -0.4 is 10.6 Å². The van der Waals surface area contributed by atoms with Gasteiger partial charge in [-0.25, -0.2) is 0 Å². The molecule has 1 heterocycles. The fourth-order valence-corrected chi connectivity index (χ4v) is 2.49. The van der Waals surface area contributed by atoms with E-state index in [0.29, 0.717) is 25.3 Å². The van der Waals surface area contributed by atoms with Crippen LogP contribution in [0.25, 0.3) is 0 Å². The maximum absolute atomic E-state index is 11.5. The number of nitrogens with one attached hydrogen (secondary N) is 2. The molecule has 2 aliphatic rings. The molecule has 0 bridgehead atoms. The summed E-state index contributed by atoms with van der Waals surface area (Å²) in [6, 6.07) is 0. The molecule has 2 N–H and O–H groups in total. The minimum Gasteiger partial charge on any atom is -0.336 e. The van der Waals surface area contributed by atoms with Gasteiger partial charge in [-0.05, 0) is 12.3 Å². The molecule has 0 aromatic carbocycles. The molecule has 0 aromatic rings. The van der Waals surface area contributed by atoms with Crippen LogP contribution in [0.15, 0.2) is 0 Å². The van der Waals surface area contributed by atoms with E-state index < -0.39 is 5.66 Å². The van der Waals surface area contributed by atoms with E-state index in [1.807, 2.05) is 0 Å². The summed E-state index contributed by atoms with van der Waals surface area (Å²) in [6.07, 6.45) is 3.02. The third-order valence-corrected chi connectivity index (χ3v) is 3.20. The normalized spacial score (nSPS) is 37.6. The molecule has 2 rings (SSSR count). The summed E-state index contributed by atoms with van der Waals surface area (Å²) in [5, 5.41) is 6.03. The fraction of sp³-hybridized carbons (Fsp3) is 0.800. The Labute approximate surface area is 83.4 Å². The lowest BCUT2D eigenvalue weighted by atomic mass is 9.79. The average molecular weight is 196 g/mol. The number of amides is 1. The van der Waals surface area contributed by atoms with Gasteiger partial charge in [0.05, 0.1) is 12.2 Å². The van der Waals surface area contributed by atoms with Crippen LogP contribution >= 0.6 is 0 Å². The third kappa shape index (κ3) is 1.66. The molecule has 0 radical (unpaired) electrons. The molecule has 1 saturated heterocycles. The molecule has 4 nitrogen and oxygen atoms in total. The molecule has 14 heavy (non-hydrogen) atoms. The van der Waals surface area contributed by atoms with Crippen molar-refractivity contribution in [2.45, 2.75) is 38.3 Å². The number of rotatable bonds is 1. The van der Waals surface area contributed by atoms with E-state index in [4.69, 9.17) is 0 Å². The van der Waals surface area contributed by atoms with E-state index in [9.17, 15) is 9.59 Å². The SMILES string of the molecule is CCC1CC(=O)CC2(C1)NCC(=O)N2. The van der Waals surface area contributed by atoms with Gasteiger partial charge in [-0.15, -0.1) is 0 Å². The van der Waals surface area contributed by atoms with Gasteiger partial charge in [0.2, 0.25) is 5.91 Å². The highest BCUT2D eigenvalue weighted by atomic mass is 16.2. The zero-order chi connectivity index (χ0) is 10.2. The molecule has 1 amide bonds. The monoisotopic (exact) mass is 196 g/mol. The van der Waals surface area contributed by atoms with Crippen LogP contribution in [0.4, 0.5) is 0 Å². The van der Waals surface area contributed by atoms with E-state index in [2.05, 4.69) is 17.6 Å². The van der Waals surface area contributed by atoms with Gasteiger partial charge in [0, 0.05) is 12.8 Å². The van der Waals surface area contributed by atoms with Crippen LogP contribution in [0.2, 0.25) is 0 Å². The first kappa shape index (κ1) is 9.65. The Balaban J connectivity index is 2.11. The topological polar surface area (TPSA) is 58.2 Å². The number of Topliss-reactive ketones (excluding diaryl/α,β-unsaturated/α-hetero) is 1. The van der Waals surface area contributed by atoms with Crippen molar-refractivity contribution in [2.75, 3.05) is 6.54 Å². The highest BCUT2D eigenvalue weighted by molar-refractivity contribution is 5.86. The molecule has 0 aromatic heterocycles. The molecule has 1 aliphatic carbocycles. The van der Waals surface area contributed by atoms with E-state index in [1.165, 1.54) is 0 Å². The van der Waals surface area contributed by atoms with Crippen molar-refractivity contribution < 1.29 is 9.59 Å². The summed E-state index contributed by atoms with van der Waals surface area (Å²) in [7, 11) is 0. The first-order chi connectivity index (χ1) is 6.63. The lowest BCUT2D eigenvalue weighted by Gasteiger charge is -2.36. The van der Waals surface area contributed by atoms with Crippen molar-refractivity contribution in [3.63, 3.8) is 0 Å². The Bertz CT molecular complexity index is 277. The van der Waals surface area contributed by atoms with E-state index >= 15 is 0 Å². The van der Waals surface area contributed by atoms with Crippen molar-refractivity contribution in [3.8, 4) is 0 Å². The van der Waals surface area contributed by atoms with Crippen molar-refractivity contribution in [3.05, 3.63) is 0 Å². The molecular formula is C10H16N2O2. The van der Waals surface area contributed by atoms with Crippen molar-refractivity contribution in [1.29, 1.82) is 0 Å². The number of ketones is 1. The van der Waals surface area contributed by atoms with Crippen LogP contribution in [-0.2, 0) is 9.59 Å². The quantitative estimate of drug-likeness (QED) is 0.629. The van der Waals surface area contributed by atoms with Gasteiger partial charge < -0.3 is 5.32 Å². The zero-order valence-corrected chi connectivity index (χ0v) is 8.43. The second kappa shape index (κ2) is 3.35. The van der Waals surface area contributed by atoms with Crippen molar-refractivity contribution in [1.82, 2.24) is 10.6 Å². The number of hydrogen-bond acceptors (Lipinski definition) is 3. The van der Waals surface area contributed by atoms with Gasteiger partial charge >= 0.3 is 0 Å². The molecule has 1 aliphatic heterocycles. The summed E-state index contributed by atoms with van der Waals surface area (Å²) in [5.41, 5.74) is -0.410. The largest absolute Gasteiger partial charge is 0.336 e. The van der Waals surface area contributed by atoms with Crippen LogP contribution in [-0.4, -0.2) is 23.9 Å². The highest BCUT2D eigenvalue weighted by Crippen LogP contribution is 2.31. The average Bonchev–Trinajstić information content (AvgIpc) is 2.45. The van der Waals surface area contributed by atoms with Gasteiger partial charge in [-0.2, -0.15) is 0 Å². The molecular weight excluding hydrogens is 180 g/mol. The Morgan fingerprint density at radius 3 is 2.86 bits per heavy atom. The standard InChI is InChI=1S/C10H16N2O2/c1-2-7-3-8(13)5-10(4-7)11-6-9(14)12-10/h7,11H,2-6H2,1H3,(H,12,14). The Morgan fingerprint density at radius 2 is 2.29 bits per heavy atom. The summed E-state index contributed by atoms with van der Waals surface area (Å²) in [4.78, 5) is 22.6. The molecule has 2 atom stereocenters. The minimum absolute atomic E-state index is 0.00885. The van der Waals surface area contributed by atoms with Crippen LogP contribution in [0.1, 0.15) is 32.6 Å². The summed E-state index contributed by atoms with van der Waals surface area (Å²) in [6.45, 7) is 2.44. The van der Waals surface area contributed by atoms with E-state index in [0.717, 1.165) is 12.8 Å². The maximum Gasteiger partial charge on any atom is 0.235 e. The molecule has 78 valence electrons. The predicted molar refractivity (Wildman–Crippen MR) is 51.5 cm³/mol. The molecule has 1 saturated carbocycles. The van der Waals surface area contributed by atoms with Crippen LogP contribution in [0.5, 0.6) is 0 Å². The van der Waals surface area contributed by atoms with Crippen molar-refractivity contribution >= 4 is 11.7 Å². The highest BCUT2D eigenvalue weighted by Gasteiger charge is 2.43. The van der Waals surface area contributed by atoms with Gasteiger partial charge in [-0.3, -0.25) is 14.9 Å². The van der Waals surface area contributed by atoms with Crippen molar-refractivity contribution in [2.24, 2.45) is 5.92 Å². The minimum atomic E-state index is -0.410. The molecule has 4 heteroatoms. The third-order valence-electron chi connectivity index (χ3n) is 3.20. The first-order valence-corrected chi connectivity index (χ1v) is 5.21. The van der Waals surface area contributed by atoms with Gasteiger partial charge in [-0.1, -0.05) is 13.3 Å². The Kier molecular flexibility index (Phi) is 2.31. The smallest absolute Gasteiger partial charge is 0.235 e. The number of carbonyl (C=O) groups excluding carboxylic acids is 2. The van der Waals surface area contributed by atoms with Crippen LogP contribution in [0.3, 0.4) is 0 Å². The maximum atomic E-state index is 11.5. The second-order valence-corrected chi connectivity index (χ2v) is 4.38. The predicted octanol–water partition coefficient (Wildman–Crippen LogP) is 0.181. The van der Waals surface area contributed by atoms with E-state index in [-0.39, 0.29) is 11.7 Å². The summed E-state index contributed by atoms with van der Waals surface area (Å²) < 4.78 is 0. The first-order valence-electron chi connectivity index (χ1n) is 5.21. The summed E-state index contributed by atoms with van der Waals surface area (Å²) >= 11 is 0. The molecule has 2 fully saturated rings. The van der Waals surface area contributed by atoms with Gasteiger partial charge in [0.1, 0.15) is 5.78 Å². The second-order valence-electron chi connectivity index (χ2n) is 4.38. The Hall–Kier alpha value is -0.900. The summed E-state index contributed by atoms with van der Waals surface area (Å²) in [5.74, 6) is 0.689. The molecule has 2 unspecified atom stereocenters. The lowest BCUT2D eigenvalue weighted by Crippen LogP contribution is -2.55. The zero-order valence-electron chi connectivity index (χ0n) is 8.43. The van der Waals surface area contributed by atoms with Gasteiger partial charge in [0.15, 0.2) is 0 Å². The van der Waals surface area contributed by atoms with Crippen LogP contribution in [0, 0.1) is 5.92 Å². The van der Waals surface area contributed by atoms with Gasteiger partial charge in [0.25, 0.3) is 0 Å². The number of hydrogen-bond donors (Lipinski definition) is 2. The lowest BCUT2D eigenvalue weighted by molar-refractivity contribution is -0.125. The fourth-order valence-electron chi connectivity index (χ4n) is 2.49. The van der Waals surface area contributed by atoms with E-state index in [1.54, 1.807) is 0 Å². The number of carbonyl (C=O) groups is 2. The molecule has 1 spiro atoms. The Morgan fingerprint density at radius 1 is 1.50 bits per heavy atom.